The summed E-state index contributed by atoms with van der Waals surface area (Å²) in [4.78, 5) is 0. The van der Waals surface area contributed by atoms with Crippen LogP contribution in [0.3, 0.4) is 0 Å². The van der Waals surface area contributed by atoms with Crippen LogP contribution in [0.25, 0.3) is 0 Å². The molecule has 0 aromatic carbocycles. The van der Waals surface area contributed by atoms with Crippen molar-refractivity contribution >= 4 is 18.6 Å². The molecule has 0 aliphatic carbocycles. The van der Waals surface area contributed by atoms with E-state index in [4.69, 9.17) is 17.7 Å². The Morgan fingerprint density at radius 2 is 0.762 bits per heavy atom. The molecule has 0 rings (SSSR count). The molecule has 0 saturated carbocycles. The molecule has 0 amide bonds. The first-order valence-corrected chi connectivity index (χ1v) is 12.3. The molecule has 0 fully saturated rings. The predicted molar refractivity (Wildman–Crippen MR) is 93.5 cm³/mol. The van der Waals surface area contributed by atoms with Crippen LogP contribution in [0.5, 0.6) is 0 Å². The van der Waals surface area contributed by atoms with Crippen LogP contribution >= 0.6 is 0 Å². The molecule has 4 nitrogen and oxygen atoms in total. The molecule has 0 bridgehead atoms. The lowest BCUT2D eigenvalue weighted by molar-refractivity contribution is 0.212. The Hall–Kier alpha value is 0.274. The molecule has 0 radical (unpaired) electrons. The first-order chi connectivity index (χ1) is 10.3. The molecule has 0 atom stereocenters. The first-order valence-electron chi connectivity index (χ1n) is 8.74. The molecule has 0 aliphatic rings. The minimum atomic E-state index is -1.36. The van der Waals surface area contributed by atoms with E-state index >= 15 is 0 Å². The van der Waals surface area contributed by atoms with E-state index in [0.29, 0.717) is 0 Å². The van der Waals surface area contributed by atoms with Gasteiger partial charge in [-0.1, -0.05) is 32.1 Å². The summed E-state index contributed by atoms with van der Waals surface area (Å²) in [6.07, 6.45) is 6.38. The molecule has 128 valence electrons. The third kappa shape index (κ3) is 13.6. The topological polar surface area (TPSA) is 36.9 Å². The van der Waals surface area contributed by atoms with Crippen LogP contribution in [0.1, 0.15) is 59.8 Å². The third-order valence-corrected chi connectivity index (χ3v) is 7.87. The molecular formula is C15H36O4Si2. The van der Waals surface area contributed by atoms with Crippen molar-refractivity contribution in [1.29, 1.82) is 0 Å². The number of unbranched alkanes of at least 4 members (excludes halogenated alkanes) is 4. The summed E-state index contributed by atoms with van der Waals surface area (Å²) in [7, 11) is -2.72. The Morgan fingerprint density at radius 3 is 1.05 bits per heavy atom. The van der Waals surface area contributed by atoms with Crippen molar-refractivity contribution in [1.82, 2.24) is 0 Å². The van der Waals surface area contributed by atoms with Gasteiger partial charge in [0.05, 0.1) is 0 Å². The molecule has 0 aromatic heterocycles. The van der Waals surface area contributed by atoms with Crippen molar-refractivity contribution < 1.29 is 17.7 Å². The van der Waals surface area contributed by atoms with Crippen LogP contribution in [-0.4, -0.2) is 45.0 Å². The van der Waals surface area contributed by atoms with Gasteiger partial charge in [-0.15, -0.1) is 0 Å². The largest absolute Gasteiger partial charge is 0.397 e. The van der Waals surface area contributed by atoms with E-state index in [1.807, 2.05) is 0 Å². The van der Waals surface area contributed by atoms with E-state index in [-0.39, 0.29) is 0 Å². The number of rotatable bonds is 16. The highest BCUT2D eigenvalue weighted by molar-refractivity contribution is 6.44. The molecule has 21 heavy (non-hydrogen) atoms. The number of hydrogen-bond donors (Lipinski definition) is 0. The van der Waals surface area contributed by atoms with Gasteiger partial charge in [0.15, 0.2) is 0 Å². The van der Waals surface area contributed by atoms with Gasteiger partial charge >= 0.3 is 18.6 Å². The summed E-state index contributed by atoms with van der Waals surface area (Å²) in [5.41, 5.74) is 0. The van der Waals surface area contributed by atoms with Crippen LogP contribution in [0.2, 0.25) is 12.1 Å². The molecule has 0 aliphatic heterocycles. The van der Waals surface area contributed by atoms with E-state index in [2.05, 4.69) is 27.7 Å². The molecule has 0 aromatic rings. The van der Waals surface area contributed by atoms with Gasteiger partial charge in [-0.3, -0.25) is 0 Å². The fourth-order valence-electron chi connectivity index (χ4n) is 2.33. The highest BCUT2D eigenvalue weighted by Crippen LogP contribution is 2.12. The summed E-state index contributed by atoms with van der Waals surface area (Å²) in [5.74, 6) is 0. The minimum absolute atomic E-state index is 0.789. The van der Waals surface area contributed by atoms with Crippen molar-refractivity contribution in [3.05, 3.63) is 0 Å². The lowest BCUT2D eigenvalue weighted by Gasteiger charge is -2.15. The van der Waals surface area contributed by atoms with Crippen molar-refractivity contribution in [3.63, 3.8) is 0 Å². The number of hydrogen-bond acceptors (Lipinski definition) is 4. The quantitative estimate of drug-likeness (QED) is 0.319. The maximum absolute atomic E-state index is 5.68. The second-order valence-corrected chi connectivity index (χ2v) is 9.23. The maximum atomic E-state index is 5.68. The molecule has 0 N–H and O–H groups in total. The van der Waals surface area contributed by atoms with Crippen molar-refractivity contribution in [3.8, 4) is 0 Å². The molecule has 0 saturated heterocycles. The van der Waals surface area contributed by atoms with Gasteiger partial charge in [0, 0.05) is 26.4 Å². The van der Waals surface area contributed by atoms with Gasteiger partial charge in [0.25, 0.3) is 0 Å². The lowest BCUT2D eigenvalue weighted by Crippen LogP contribution is -2.22. The van der Waals surface area contributed by atoms with Gasteiger partial charge < -0.3 is 17.7 Å². The second kappa shape index (κ2) is 16.6. The molecular weight excluding hydrogens is 300 g/mol. The summed E-state index contributed by atoms with van der Waals surface area (Å²) in [5, 5.41) is 0. The van der Waals surface area contributed by atoms with Gasteiger partial charge in [-0.25, -0.2) is 0 Å². The fourth-order valence-corrected chi connectivity index (χ4v) is 5.92. The summed E-state index contributed by atoms with van der Waals surface area (Å²) in [6, 6.07) is 2.30. The average Bonchev–Trinajstić information content (AvgIpc) is 2.47. The Labute approximate surface area is 135 Å². The van der Waals surface area contributed by atoms with Crippen LogP contribution in [0.15, 0.2) is 0 Å². The molecule has 0 unspecified atom stereocenters. The van der Waals surface area contributed by atoms with Gasteiger partial charge in [-0.05, 0) is 39.8 Å². The zero-order chi connectivity index (χ0) is 15.8. The molecule has 0 spiro atoms. The van der Waals surface area contributed by atoms with Crippen LogP contribution < -0.4 is 0 Å². The second-order valence-electron chi connectivity index (χ2n) is 5.03. The van der Waals surface area contributed by atoms with E-state index in [9.17, 15) is 0 Å². The SMILES string of the molecule is CCO[SiH](CCCCCCC[SiH](OCC)OCC)OCC. The third-order valence-electron chi connectivity index (χ3n) is 3.29. The monoisotopic (exact) mass is 336 g/mol. The fraction of sp³-hybridized carbons (Fsp3) is 1.00. The van der Waals surface area contributed by atoms with Gasteiger partial charge in [0.1, 0.15) is 0 Å². The highest BCUT2D eigenvalue weighted by Gasteiger charge is 2.12. The highest BCUT2D eigenvalue weighted by atomic mass is 28.3. The van der Waals surface area contributed by atoms with Crippen molar-refractivity contribution in [2.75, 3.05) is 26.4 Å². The van der Waals surface area contributed by atoms with Crippen LogP contribution in [0.4, 0.5) is 0 Å². The smallest absolute Gasteiger partial charge is 0.321 e. The predicted octanol–water partition coefficient (Wildman–Crippen LogP) is 3.52. The zero-order valence-corrected chi connectivity index (χ0v) is 16.9. The average molecular weight is 337 g/mol. The van der Waals surface area contributed by atoms with Gasteiger partial charge in [0.2, 0.25) is 0 Å². The standard InChI is InChI=1S/C15H36O4Si2/c1-5-16-20(17-6-2)14-12-10-9-11-13-15-21(18-7-3)19-8-4/h20-21H,5-15H2,1-4H3. The lowest BCUT2D eigenvalue weighted by atomic mass is 10.2. The summed E-state index contributed by atoms with van der Waals surface area (Å²) < 4.78 is 22.7. The first kappa shape index (κ1) is 21.3. The Balaban J connectivity index is 3.48. The normalized spacial score (nSPS) is 11.7. The Kier molecular flexibility index (Phi) is 16.9. The minimum Gasteiger partial charge on any atom is -0.397 e. The zero-order valence-electron chi connectivity index (χ0n) is 14.6. The van der Waals surface area contributed by atoms with Crippen molar-refractivity contribution in [2.24, 2.45) is 0 Å². The van der Waals surface area contributed by atoms with E-state index in [1.54, 1.807) is 0 Å². The van der Waals surface area contributed by atoms with E-state index in [0.717, 1.165) is 38.5 Å². The van der Waals surface area contributed by atoms with Crippen LogP contribution in [-0.2, 0) is 17.7 Å². The summed E-state index contributed by atoms with van der Waals surface area (Å²) in [6.45, 7) is 11.4. The van der Waals surface area contributed by atoms with E-state index in [1.165, 1.54) is 32.1 Å². The Morgan fingerprint density at radius 1 is 0.476 bits per heavy atom. The molecule has 0 heterocycles. The maximum Gasteiger partial charge on any atom is 0.321 e. The Bertz CT molecular complexity index is 176. The van der Waals surface area contributed by atoms with Crippen LogP contribution in [0, 0.1) is 0 Å². The van der Waals surface area contributed by atoms with Gasteiger partial charge in [-0.2, -0.15) is 0 Å². The summed E-state index contributed by atoms with van der Waals surface area (Å²) >= 11 is 0. The van der Waals surface area contributed by atoms with Crippen molar-refractivity contribution in [2.45, 2.75) is 71.9 Å². The van der Waals surface area contributed by atoms with E-state index < -0.39 is 18.6 Å². The molecule has 6 heteroatoms.